The summed E-state index contributed by atoms with van der Waals surface area (Å²) >= 11 is 0. The van der Waals surface area contributed by atoms with Crippen molar-refractivity contribution in [2.75, 3.05) is 5.73 Å². The molecule has 0 amide bonds. The van der Waals surface area contributed by atoms with E-state index in [1.165, 1.54) is 0 Å². The number of dihydropyridines is 1. The first-order valence-corrected chi connectivity index (χ1v) is 4.94. The average molecular weight is 213 g/mol. The normalized spacial score (nSPS) is 18.7. The van der Waals surface area contributed by atoms with Crippen molar-refractivity contribution in [1.82, 2.24) is 0 Å². The number of allylic oxidation sites excluding steroid dienone is 1. The summed E-state index contributed by atoms with van der Waals surface area (Å²) in [6, 6.07) is 9.10. The Labute approximate surface area is 93.7 Å². The van der Waals surface area contributed by atoms with Crippen LogP contribution in [0.5, 0.6) is 5.75 Å². The van der Waals surface area contributed by atoms with Crippen molar-refractivity contribution < 1.29 is 4.74 Å². The van der Waals surface area contributed by atoms with Gasteiger partial charge in [-0.25, -0.2) is 4.99 Å². The number of ether oxygens (including phenoxy) is 1. The second kappa shape index (κ2) is 4.49. The van der Waals surface area contributed by atoms with Crippen LogP contribution in [0.4, 0.5) is 5.69 Å². The predicted molar refractivity (Wildman–Crippen MR) is 62.1 cm³/mol. The van der Waals surface area contributed by atoms with Gasteiger partial charge in [-0.15, -0.1) is 0 Å². The van der Waals surface area contributed by atoms with E-state index >= 15 is 0 Å². The van der Waals surface area contributed by atoms with E-state index in [-0.39, 0.29) is 6.23 Å². The Kier molecular flexibility index (Phi) is 2.88. The Bertz CT molecular complexity index is 468. The van der Waals surface area contributed by atoms with E-state index in [9.17, 15) is 0 Å². The number of aliphatic imine (C=N–C) groups is 1. The molecule has 1 aromatic carbocycles. The Morgan fingerprint density at radius 2 is 2.12 bits per heavy atom. The molecule has 4 nitrogen and oxygen atoms in total. The fraction of sp³-hybridized carbons (Fsp3) is 0.167. The number of nitrogen functional groups attached to an aromatic ring is 1. The third kappa shape index (κ3) is 2.39. The highest BCUT2D eigenvalue weighted by Gasteiger charge is 2.11. The van der Waals surface area contributed by atoms with Crippen molar-refractivity contribution in [2.24, 2.45) is 4.99 Å². The fourth-order valence-electron chi connectivity index (χ4n) is 1.39. The third-order valence-electron chi connectivity index (χ3n) is 2.16. The van der Waals surface area contributed by atoms with Gasteiger partial charge >= 0.3 is 0 Å². The lowest BCUT2D eigenvalue weighted by Gasteiger charge is -2.16. The quantitative estimate of drug-likeness (QED) is 0.762. The lowest BCUT2D eigenvalue weighted by atomic mass is 10.2. The summed E-state index contributed by atoms with van der Waals surface area (Å²) in [7, 11) is 0. The highest BCUT2D eigenvalue weighted by Crippen LogP contribution is 2.18. The maximum Gasteiger partial charge on any atom is 0.194 e. The molecule has 0 aromatic heterocycles. The Hall–Kier alpha value is -2.28. The summed E-state index contributed by atoms with van der Waals surface area (Å²) in [6.45, 7) is 0. The number of hydrogen-bond donors (Lipinski definition) is 1. The lowest BCUT2D eigenvalue weighted by molar-refractivity contribution is 0.214. The number of hydrogen-bond acceptors (Lipinski definition) is 4. The van der Waals surface area contributed by atoms with Gasteiger partial charge < -0.3 is 10.5 Å². The Morgan fingerprint density at radius 1 is 1.38 bits per heavy atom. The highest BCUT2D eigenvalue weighted by atomic mass is 16.5. The molecule has 80 valence electrons. The monoisotopic (exact) mass is 213 g/mol. The van der Waals surface area contributed by atoms with E-state index < -0.39 is 0 Å². The summed E-state index contributed by atoms with van der Waals surface area (Å²) in [6.07, 6.45) is 3.94. The van der Waals surface area contributed by atoms with Crippen LogP contribution in [0.2, 0.25) is 0 Å². The van der Waals surface area contributed by atoms with Gasteiger partial charge in [0.2, 0.25) is 0 Å². The van der Waals surface area contributed by atoms with Crippen LogP contribution in [0.25, 0.3) is 0 Å². The smallest absolute Gasteiger partial charge is 0.194 e. The molecule has 1 unspecified atom stereocenters. The van der Waals surface area contributed by atoms with E-state index in [1.807, 2.05) is 12.1 Å². The molecule has 1 aromatic rings. The van der Waals surface area contributed by atoms with E-state index in [2.05, 4.69) is 4.99 Å². The van der Waals surface area contributed by atoms with Gasteiger partial charge in [0.25, 0.3) is 0 Å². The molecule has 0 saturated carbocycles. The first kappa shape index (κ1) is 10.2. The van der Waals surface area contributed by atoms with Crippen LogP contribution in [-0.4, -0.2) is 11.9 Å². The van der Waals surface area contributed by atoms with Gasteiger partial charge in [0, 0.05) is 12.1 Å². The van der Waals surface area contributed by atoms with Crippen molar-refractivity contribution in [3.8, 4) is 11.8 Å². The molecular weight excluding hydrogens is 202 g/mol. The number of nitrogens with zero attached hydrogens (tertiary/aromatic N) is 2. The van der Waals surface area contributed by atoms with Crippen molar-refractivity contribution in [1.29, 1.82) is 5.26 Å². The minimum atomic E-state index is -0.316. The molecule has 1 aliphatic heterocycles. The number of nitrogens with two attached hydrogens (primary N) is 1. The highest BCUT2D eigenvalue weighted by molar-refractivity contribution is 6.07. The van der Waals surface area contributed by atoms with Crippen LogP contribution in [0, 0.1) is 11.3 Å². The molecule has 0 bridgehead atoms. The van der Waals surface area contributed by atoms with Gasteiger partial charge in [0.1, 0.15) is 17.5 Å². The summed E-state index contributed by atoms with van der Waals surface area (Å²) in [5.41, 5.74) is 6.65. The summed E-state index contributed by atoms with van der Waals surface area (Å²) in [4.78, 5) is 4.13. The Morgan fingerprint density at radius 3 is 2.81 bits per heavy atom. The number of nitriles is 1. The first-order chi connectivity index (χ1) is 7.78. The number of rotatable bonds is 2. The molecule has 0 aliphatic carbocycles. The summed E-state index contributed by atoms with van der Waals surface area (Å²) in [5.74, 6) is 0.704. The molecular formula is C12H11N3O. The van der Waals surface area contributed by atoms with E-state index in [4.69, 9.17) is 15.7 Å². The molecule has 1 aliphatic rings. The van der Waals surface area contributed by atoms with Crippen LogP contribution in [0.1, 0.15) is 6.42 Å². The molecule has 2 N–H and O–H groups in total. The molecule has 16 heavy (non-hydrogen) atoms. The first-order valence-electron chi connectivity index (χ1n) is 4.94. The fourth-order valence-corrected chi connectivity index (χ4v) is 1.39. The Balaban J connectivity index is 2.06. The largest absolute Gasteiger partial charge is 0.468 e. The zero-order valence-corrected chi connectivity index (χ0v) is 8.63. The van der Waals surface area contributed by atoms with Gasteiger partial charge in [-0.05, 0) is 30.3 Å². The van der Waals surface area contributed by atoms with Gasteiger partial charge in [0.05, 0.1) is 0 Å². The topological polar surface area (TPSA) is 71.4 Å². The average Bonchev–Trinajstić information content (AvgIpc) is 2.32. The summed E-state index contributed by atoms with van der Waals surface area (Å²) < 4.78 is 5.60. The molecule has 0 radical (unpaired) electrons. The van der Waals surface area contributed by atoms with Gasteiger partial charge in [-0.3, -0.25) is 0 Å². The van der Waals surface area contributed by atoms with Crippen molar-refractivity contribution in [3.05, 3.63) is 36.4 Å². The maximum atomic E-state index is 8.71. The van der Waals surface area contributed by atoms with E-state index in [0.29, 0.717) is 23.6 Å². The molecule has 4 heteroatoms. The number of benzene rings is 1. The zero-order chi connectivity index (χ0) is 11.4. The van der Waals surface area contributed by atoms with Gasteiger partial charge in [-0.1, -0.05) is 6.08 Å². The van der Waals surface area contributed by atoms with Crippen LogP contribution in [0.3, 0.4) is 0 Å². The van der Waals surface area contributed by atoms with Crippen molar-refractivity contribution >= 4 is 11.4 Å². The lowest BCUT2D eigenvalue weighted by Crippen LogP contribution is -2.17. The zero-order valence-electron chi connectivity index (χ0n) is 8.63. The molecule has 0 spiro atoms. The van der Waals surface area contributed by atoms with Crippen molar-refractivity contribution in [3.63, 3.8) is 0 Å². The van der Waals surface area contributed by atoms with Crippen LogP contribution in [0.15, 0.2) is 41.4 Å². The SMILES string of the molecule is N#CC1=NC(Oc2ccc(N)cc2)CC=C1. The van der Waals surface area contributed by atoms with Gasteiger partial charge in [0.15, 0.2) is 6.23 Å². The standard InChI is InChI=1S/C12H11N3O/c13-8-10-2-1-3-12(15-10)16-11-6-4-9(14)5-7-11/h1-2,4-7,12H,3,14H2. The third-order valence-corrected chi connectivity index (χ3v) is 2.16. The minimum Gasteiger partial charge on any atom is -0.468 e. The molecule has 0 fully saturated rings. The predicted octanol–water partition coefficient (Wildman–Crippen LogP) is 1.90. The summed E-state index contributed by atoms with van der Waals surface area (Å²) in [5, 5.41) is 8.71. The van der Waals surface area contributed by atoms with E-state index in [1.54, 1.807) is 30.3 Å². The second-order valence-electron chi connectivity index (χ2n) is 3.41. The molecule has 1 heterocycles. The second-order valence-corrected chi connectivity index (χ2v) is 3.41. The molecule has 0 saturated heterocycles. The van der Waals surface area contributed by atoms with E-state index in [0.717, 1.165) is 0 Å². The van der Waals surface area contributed by atoms with Crippen molar-refractivity contribution in [2.45, 2.75) is 12.6 Å². The van der Waals surface area contributed by atoms with Crippen LogP contribution in [-0.2, 0) is 0 Å². The van der Waals surface area contributed by atoms with Crippen LogP contribution >= 0.6 is 0 Å². The number of anilines is 1. The molecule has 1 atom stereocenters. The minimum absolute atomic E-state index is 0.316. The molecule has 2 rings (SSSR count). The van der Waals surface area contributed by atoms with Crippen LogP contribution < -0.4 is 10.5 Å². The van der Waals surface area contributed by atoms with Gasteiger partial charge in [-0.2, -0.15) is 5.26 Å². The maximum absolute atomic E-state index is 8.71.